The van der Waals surface area contributed by atoms with Crippen molar-refractivity contribution in [1.29, 1.82) is 0 Å². The van der Waals surface area contributed by atoms with Crippen LogP contribution < -0.4 is 5.43 Å². The van der Waals surface area contributed by atoms with Gasteiger partial charge in [0.1, 0.15) is 10.0 Å². The first-order valence-electron chi connectivity index (χ1n) is 6.61. The lowest BCUT2D eigenvalue weighted by Gasteiger charge is -2.11. The van der Waals surface area contributed by atoms with Crippen molar-refractivity contribution in [3.63, 3.8) is 0 Å². The number of pyridine rings is 1. The van der Waals surface area contributed by atoms with Gasteiger partial charge in [0.2, 0.25) is 0 Å². The fraction of sp³-hybridized carbons (Fsp3) is 0.133. The molecule has 120 valence electrons. The molecule has 0 unspecified atom stereocenters. The molecule has 1 aromatic heterocycles. The first-order chi connectivity index (χ1) is 11.0. The van der Waals surface area contributed by atoms with Gasteiger partial charge in [-0.2, -0.15) is 5.10 Å². The number of hydrazone groups is 1. The molecular weight excluding hydrogens is 361 g/mol. The molecule has 0 bridgehead atoms. The van der Waals surface area contributed by atoms with Gasteiger partial charge in [-0.05, 0) is 12.0 Å². The van der Waals surface area contributed by atoms with Crippen molar-refractivity contribution in [3.05, 3.63) is 56.8 Å². The highest BCUT2D eigenvalue weighted by Crippen LogP contribution is 2.36. The Kier molecular flexibility index (Phi) is 5.82. The van der Waals surface area contributed by atoms with E-state index in [9.17, 15) is 4.79 Å². The van der Waals surface area contributed by atoms with E-state index in [1.165, 1.54) is 0 Å². The number of carbonyl (C=O) groups is 1. The molecule has 0 saturated heterocycles. The van der Waals surface area contributed by atoms with Crippen LogP contribution in [0.2, 0.25) is 15.2 Å². The molecule has 0 aliphatic rings. The molecule has 2 aromatic rings. The fourth-order valence-corrected chi connectivity index (χ4v) is 2.52. The van der Waals surface area contributed by atoms with Crippen molar-refractivity contribution >= 4 is 52.2 Å². The molecule has 1 heterocycles. The van der Waals surface area contributed by atoms with E-state index in [4.69, 9.17) is 39.9 Å². The van der Waals surface area contributed by atoms with Gasteiger partial charge in [-0.25, -0.2) is 9.78 Å². The van der Waals surface area contributed by atoms with Crippen LogP contribution in [0.3, 0.4) is 0 Å². The van der Waals surface area contributed by atoms with Crippen LogP contribution in [0.1, 0.15) is 29.4 Å². The van der Waals surface area contributed by atoms with Crippen molar-refractivity contribution in [3.8, 4) is 0 Å². The van der Waals surface area contributed by atoms with E-state index in [-0.39, 0.29) is 20.9 Å². The minimum Gasteiger partial charge on any atom is -0.476 e. The lowest BCUT2D eigenvalue weighted by atomic mass is 10.1. The van der Waals surface area contributed by atoms with Crippen LogP contribution in [-0.4, -0.2) is 21.8 Å². The van der Waals surface area contributed by atoms with E-state index in [1.807, 2.05) is 37.3 Å². The molecular formula is C15H12Cl3N3O2. The number of carboxylic acid groups (broad SMARTS) is 1. The van der Waals surface area contributed by atoms with E-state index in [1.54, 1.807) is 0 Å². The molecule has 2 N–H and O–H groups in total. The van der Waals surface area contributed by atoms with Crippen molar-refractivity contribution in [2.24, 2.45) is 5.10 Å². The van der Waals surface area contributed by atoms with E-state index in [0.717, 1.165) is 11.3 Å². The Morgan fingerprint density at radius 3 is 2.43 bits per heavy atom. The number of hydrogen-bond donors (Lipinski definition) is 2. The number of anilines is 1. The Morgan fingerprint density at radius 1 is 1.22 bits per heavy atom. The summed E-state index contributed by atoms with van der Waals surface area (Å²) in [5.41, 5.74) is 4.09. The van der Waals surface area contributed by atoms with Crippen LogP contribution in [0.25, 0.3) is 0 Å². The van der Waals surface area contributed by atoms with Gasteiger partial charge in [0, 0.05) is 0 Å². The van der Waals surface area contributed by atoms with Crippen molar-refractivity contribution < 1.29 is 9.90 Å². The number of carboxylic acids is 1. The maximum Gasteiger partial charge on any atom is 0.356 e. The topological polar surface area (TPSA) is 74.6 Å². The normalized spacial score (nSPS) is 11.4. The monoisotopic (exact) mass is 371 g/mol. The summed E-state index contributed by atoms with van der Waals surface area (Å²) in [5.74, 6) is -1.31. The van der Waals surface area contributed by atoms with Gasteiger partial charge in [0.15, 0.2) is 10.8 Å². The predicted molar refractivity (Wildman–Crippen MR) is 93.1 cm³/mol. The molecule has 0 aliphatic heterocycles. The quantitative estimate of drug-likeness (QED) is 0.441. The third-order valence-electron chi connectivity index (χ3n) is 2.99. The van der Waals surface area contributed by atoms with Crippen LogP contribution in [0.4, 0.5) is 5.69 Å². The second-order valence-corrected chi connectivity index (χ2v) is 5.56. The first-order valence-corrected chi connectivity index (χ1v) is 7.74. The zero-order valence-electron chi connectivity index (χ0n) is 12.0. The number of aromatic carboxylic acids is 1. The molecule has 0 aliphatic carbocycles. The Balaban J connectivity index is 2.43. The van der Waals surface area contributed by atoms with Gasteiger partial charge in [0.25, 0.3) is 0 Å². The number of hydrogen-bond acceptors (Lipinski definition) is 4. The summed E-state index contributed by atoms with van der Waals surface area (Å²) in [5, 5.41) is 13.1. The Labute approximate surface area is 147 Å². The summed E-state index contributed by atoms with van der Waals surface area (Å²) in [6.45, 7) is 1.94. The lowest BCUT2D eigenvalue weighted by Crippen LogP contribution is -2.07. The van der Waals surface area contributed by atoms with Crippen molar-refractivity contribution in [1.82, 2.24) is 4.98 Å². The second kappa shape index (κ2) is 7.64. The Hall–Kier alpha value is -1.82. The highest BCUT2D eigenvalue weighted by atomic mass is 35.5. The van der Waals surface area contributed by atoms with Gasteiger partial charge in [0.05, 0.1) is 11.4 Å². The van der Waals surface area contributed by atoms with Crippen LogP contribution in [-0.2, 0) is 0 Å². The van der Waals surface area contributed by atoms with E-state index in [0.29, 0.717) is 6.42 Å². The van der Waals surface area contributed by atoms with E-state index in [2.05, 4.69) is 15.5 Å². The van der Waals surface area contributed by atoms with Crippen LogP contribution in [0.5, 0.6) is 0 Å². The number of aromatic nitrogens is 1. The molecule has 5 nitrogen and oxygen atoms in total. The maximum atomic E-state index is 11.1. The third kappa shape index (κ3) is 3.93. The standard InChI is InChI=1S/C15H12Cl3N3O2/c1-2-9(8-6-4-3-5-7-8)20-21-12-10(16)13(15(22)23)19-14(18)11(12)17/h3-7H,2H2,1H3,(H,19,21)(H,22,23). The van der Waals surface area contributed by atoms with Gasteiger partial charge in [-0.3, -0.25) is 5.43 Å². The molecule has 0 fully saturated rings. The zero-order valence-corrected chi connectivity index (χ0v) is 14.2. The lowest BCUT2D eigenvalue weighted by molar-refractivity contribution is 0.0691. The molecule has 2 rings (SSSR count). The highest BCUT2D eigenvalue weighted by Gasteiger charge is 2.20. The summed E-state index contributed by atoms with van der Waals surface area (Å²) in [7, 11) is 0. The molecule has 0 saturated carbocycles. The maximum absolute atomic E-state index is 11.1. The Bertz CT molecular complexity index is 764. The SMILES string of the molecule is CCC(=NNc1c(Cl)c(Cl)nc(C(=O)O)c1Cl)c1ccccc1. The average Bonchev–Trinajstić information content (AvgIpc) is 2.55. The second-order valence-electron chi connectivity index (χ2n) is 4.45. The minimum atomic E-state index is -1.31. The summed E-state index contributed by atoms with van der Waals surface area (Å²) in [6, 6.07) is 9.52. The van der Waals surface area contributed by atoms with Gasteiger partial charge in [-0.1, -0.05) is 72.1 Å². The molecule has 0 spiro atoms. The van der Waals surface area contributed by atoms with E-state index >= 15 is 0 Å². The summed E-state index contributed by atoms with van der Waals surface area (Å²) >= 11 is 17.9. The molecule has 0 radical (unpaired) electrons. The summed E-state index contributed by atoms with van der Waals surface area (Å²) < 4.78 is 0. The van der Waals surface area contributed by atoms with Crippen LogP contribution in [0, 0.1) is 0 Å². The van der Waals surface area contributed by atoms with Crippen LogP contribution >= 0.6 is 34.8 Å². The van der Waals surface area contributed by atoms with Gasteiger partial charge >= 0.3 is 5.97 Å². The number of nitrogens with zero attached hydrogens (tertiary/aromatic N) is 2. The highest BCUT2D eigenvalue weighted by molar-refractivity contribution is 6.46. The number of benzene rings is 1. The summed E-state index contributed by atoms with van der Waals surface area (Å²) in [4.78, 5) is 14.8. The van der Waals surface area contributed by atoms with Crippen molar-refractivity contribution in [2.45, 2.75) is 13.3 Å². The molecule has 0 atom stereocenters. The minimum absolute atomic E-state index is 0.00827. The number of rotatable bonds is 5. The smallest absolute Gasteiger partial charge is 0.356 e. The number of nitrogens with one attached hydrogen (secondary N) is 1. The first kappa shape index (κ1) is 17.5. The third-order valence-corrected chi connectivity index (χ3v) is 4.09. The summed E-state index contributed by atoms with van der Waals surface area (Å²) in [6.07, 6.45) is 0.650. The van der Waals surface area contributed by atoms with Gasteiger partial charge in [-0.15, -0.1) is 0 Å². The Morgan fingerprint density at radius 2 is 1.87 bits per heavy atom. The average molecular weight is 373 g/mol. The largest absolute Gasteiger partial charge is 0.476 e. The zero-order chi connectivity index (χ0) is 17.0. The number of halogens is 3. The molecule has 23 heavy (non-hydrogen) atoms. The molecule has 0 amide bonds. The van der Waals surface area contributed by atoms with E-state index < -0.39 is 11.7 Å². The fourth-order valence-electron chi connectivity index (χ4n) is 1.86. The molecule has 1 aromatic carbocycles. The van der Waals surface area contributed by atoms with Crippen molar-refractivity contribution in [2.75, 3.05) is 5.43 Å². The molecule has 8 heteroatoms. The predicted octanol–water partition coefficient (Wildman–Crippen LogP) is 4.97. The van der Waals surface area contributed by atoms with Gasteiger partial charge < -0.3 is 5.11 Å². The van der Waals surface area contributed by atoms with Crippen LogP contribution in [0.15, 0.2) is 35.4 Å².